The molecular weight excluding hydrogens is 272 g/mol. The first kappa shape index (κ1) is 16.2. The Hall–Kier alpha value is -2.20. The monoisotopic (exact) mass is 298 g/mol. The summed E-state index contributed by atoms with van der Waals surface area (Å²) in [4.78, 5) is 4.47. The van der Waals surface area contributed by atoms with E-state index in [1.807, 2.05) is 13.2 Å². The number of hydrogen-bond acceptors (Lipinski definition) is 4. The van der Waals surface area contributed by atoms with Crippen LogP contribution in [0.2, 0.25) is 0 Å². The maximum atomic E-state index is 5.69. The first-order valence-electron chi connectivity index (χ1n) is 7.59. The Labute approximate surface area is 133 Å². The number of rotatable bonds is 7. The highest BCUT2D eigenvalue weighted by atomic mass is 15.2. The van der Waals surface area contributed by atoms with Crippen molar-refractivity contribution in [3.63, 3.8) is 0 Å². The van der Waals surface area contributed by atoms with Gasteiger partial charge >= 0.3 is 0 Å². The molecular formula is C18H26N4. The Kier molecular flexibility index (Phi) is 5.28. The van der Waals surface area contributed by atoms with E-state index in [1.54, 1.807) is 6.20 Å². The molecule has 4 nitrogen and oxygen atoms in total. The third kappa shape index (κ3) is 3.52. The van der Waals surface area contributed by atoms with Crippen molar-refractivity contribution in [1.82, 2.24) is 5.32 Å². The van der Waals surface area contributed by atoms with E-state index in [-0.39, 0.29) is 0 Å². The molecule has 4 heteroatoms. The normalized spacial score (nSPS) is 13.8. The molecule has 0 amide bonds. The smallest absolute Gasteiger partial charge is 0.0426 e. The third-order valence-corrected chi connectivity index (χ3v) is 4.05. The second kappa shape index (κ2) is 7.18. The molecule has 1 aliphatic heterocycles. The molecule has 0 aliphatic carbocycles. The van der Waals surface area contributed by atoms with Gasteiger partial charge in [-0.25, -0.2) is 0 Å². The van der Waals surface area contributed by atoms with Crippen molar-refractivity contribution in [3.05, 3.63) is 60.6 Å². The third-order valence-electron chi connectivity index (χ3n) is 4.05. The van der Waals surface area contributed by atoms with E-state index in [2.05, 4.69) is 53.4 Å². The second-order valence-electron chi connectivity index (χ2n) is 5.68. The standard InChI is InChI=1S/C18H26N4/c1-5-20-12-14(2)13-22-9-8-16-6-7-17(10-18(16)22)21(4)15(3)11-19/h5-7,10,12,20H,1,3,8-9,11,13,19H2,2,4H3/b14-12+. The van der Waals surface area contributed by atoms with E-state index in [1.165, 1.54) is 16.8 Å². The summed E-state index contributed by atoms with van der Waals surface area (Å²) in [6, 6.07) is 6.59. The molecule has 0 spiro atoms. The zero-order valence-corrected chi connectivity index (χ0v) is 13.6. The SMILES string of the molecule is C=CN/C=C(\C)CN1CCc2ccc(N(C)C(=C)CN)cc21. The summed E-state index contributed by atoms with van der Waals surface area (Å²) in [5, 5.41) is 3.04. The summed E-state index contributed by atoms with van der Waals surface area (Å²) in [5.74, 6) is 0. The van der Waals surface area contributed by atoms with Gasteiger partial charge in [-0.05, 0) is 42.8 Å². The number of nitrogens with zero attached hydrogens (tertiary/aromatic N) is 2. The predicted molar refractivity (Wildman–Crippen MR) is 96.0 cm³/mol. The maximum Gasteiger partial charge on any atom is 0.0426 e. The van der Waals surface area contributed by atoms with Gasteiger partial charge in [0, 0.05) is 50.0 Å². The number of likely N-dealkylation sites (N-methyl/N-ethyl adjacent to an activating group) is 1. The fourth-order valence-electron chi connectivity index (χ4n) is 2.67. The molecule has 1 heterocycles. The van der Waals surface area contributed by atoms with Crippen LogP contribution in [0.3, 0.4) is 0 Å². The largest absolute Gasteiger partial charge is 0.368 e. The van der Waals surface area contributed by atoms with Crippen molar-refractivity contribution in [2.45, 2.75) is 13.3 Å². The lowest BCUT2D eigenvalue weighted by Gasteiger charge is -2.24. The van der Waals surface area contributed by atoms with Crippen LogP contribution in [0.5, 0.6) is 0 Å². The van der Waals surface area contributed by atoms with Crippen molar-refractivity contribution in [2.75, 3.05) is 36.5 Å². The highest BCUT2D eigenvalue weighted by Crippen LogP contribution is 2.33. The maximum absolute atomic E-state index is 5.69. The Bertz CT molecular complexity index is 589. The van der Waals surface area contributed by atoms with Gasteiger partial charge in [0.1, 0.15) is 0 Å². The zero-order chi connectivity index (χ0) is 16.1. The predicted octanol–water partition coefficient (Wildman–Crippen LogP) is 2.59. The van der Waals surface area contributed by atoms with Gasteiger partial charge in [-0.1, -0.05) is 19.2 Å². The number of anilines is 2. The van der Waals surface area contributed by atoms with E-state index in [0.717, 1.165) is 30.9 Å². The molecule has 1 aromatic carbocycles. The van der Waals surface area contributed by atoms with Crippen molar-refractivity contribution in [3.8, 4) is 0 Å². The molecule has 2 rings (SSSR count). The van der Waals surface area contributed by atoms with Crippen LogP contribution in [0.4, 0.5) is 11.4 Å². The van der Waals surface area contributed by atoms with Gasteiger partial charge in [-0.2, -0.15) is 0 Å². The van der Waals surface area contributed by atoms with Crippen LogP contribution < -0.4 is 20.9 Å². The highest BCUT2D eigenvalue weighted by Gasteiger charge is 2.20. The van der Waals surface area contributed by atoms with Crippen LogP contribution in [-0.4, -0.2) is 26.7 Å². The fourth-order valence-corrected chi connectivity index (χ4v) is 2.67. The van der Waals surface area contributed by atoms with Crippen LogP contribution >= 0.6 is 0 Å². The van der Waals surface area contributed by atoms with Crippen molar-refractivity contribution in [2.24, 2.45) is 5.73 Å². The summed E-state index contributed by atoms with van der Waals surface area (Å²) in [6.45, 7) is 12.2. The van der Waals surface area contributed by atoms with Gasteiger partial charge in [-0.15, -0.1) is 0 Å². The number of benzene rings is 1. The first-order chi connectivity index (χ1) is 10.6. The molecule has 0 aromatic heterocycles. The minimum Gasteiger partial charge on any atom is -0.368 e. The number of nitrogens with two attached hydrogens (primary N) is 1. The minimum absolute atomic E-state index is 0.465. The van der Waals surface area contributed by atoms with Crippen LogP contribution in [0.1, 0.15) is 12.5 Å². The highest BCUT2D eigenvalue weighted by molar-refractivity contribution is 5.67. The van der Waals surface area contributed by atoms with Gasteiger partial charge in [0.25, 0.3) is 0 Å². The number of fused-ring (bicyclic) bond motifs is 1. The lowest BCUT2D eigenvalue weighted by molar-refractivity contribution is 0.873. The van der Waals surface area contributed by atoms with Crippen LogP contribution in [0.25, 0.3) is 0 Å². The molecule has 0 saturated heterocycles. The van der Waals surface area contributed by atoms with E-state index in [0.29, 0.717) is 6.54 Å². The van der Waals surface area contributed by atoms with Crippen LogP contribution in [0, 0.1) is 0 Å². The fraction of sp³-hybridized carbons (Fsp3) is 0.333. The molecule has 118 valence electrons. The van der Waals surface area contributed by atoms with Gasteiger partial charge in [0.05, 0.1) is 0 Å². The lowest BCUT2D eigenvalue weighted by Crippen LogP contribution is -2.24. The quantitative estimate of drug-likeness (QED) is 0.812. The van der Waals surface area contributed by atoms with Gasteiger partial charge in [-0.3, -0.25) is 0 Å². The molecule has 1 aliphatic rings. The molecule has 0 bridgehead atoms. The van der Waals surface area contributed by atoms with Crippen molar-refractivity contribution < 1.29 is 0 Å². The van der Waals surface area contributed by atoms with Crippen molar-refractivity contribution in [1.29, 1.82) is 0 Å². The molecule has 1 aromatic rings. The zero-order valence-electron chi connectivity index (χ0n) is 13.6. The summed E-state index contributed by atoms with van der Waals surface area (Å²) >= 11 is 0. The molecule has 0 saturated carbocycles. The molecule has 22 heavy (non-hydrogen) atoms. The minimum atomic E-state index is 0.465. The Morgan fingerprint density at radius 3 is 2.95 bits per heavy atom. The summed E-state index contributed by atoms with van der Waals surface area (Å²) < 4.78 is 0. The van der Waals surface area contributed by atoms with Crippen LogP contribution in [-0.2, 0) is 6.42 Å². The summed E-state index contributed by atoms with van der Waals surface area (Å²) in [6.07, 6.45) is 4.78. The number of hydrogen-bond donors (Lipinski definition) is 2. The summed E-state index contributed by atoms with van der Waals surface area (Å²) in [7, 11) is 2.01. The average molecular weight is 298 g/mol. The second-order valence-corrected chi connectivity index (χ2v) is 5.68. The first-order valence-corrected chi connectivity index (χ1v) is 7.59. The van der Waals surface area contributed by atoms with Gasteiger partial charge < -0.3 is 20.9 Å². The molecule has 0 unspecified atom stereocenters. The van der Waals surface area contributed by atoms with E-state index in [4.69, 9.17) is 5.73 Å². The molecule has 0 fully saturated rings. The topological polar surface area (TPSA) is 44.5 Å². The Morgan fingerprint density at radius 1 is 1.50 bits per heavy atom. The Balaban J connectivity index is 2.19. The Morgan fingerprint density at radius 2 is 2.27 bits per heavy atom. The number of nitrogens with one attached hydrogen (secondary N) is 1. The van der Waals surface area contributed by atoms with E-state index >= 15 is 0 Å². The molecule has 3 N–H and O–H groups in total. The molecule has 0 radical (unpaired) electrons. The van der Waals surface area contributed by atoms with E-state index < -0.39 is 0 Å². The van der Waals surface area contributed by atoms with Gasteiger partial charge in [0.15, 0.2) is 0 Å². The summed E-state index contributed by atoms with van der Waals surface area (Å²) in [5.41, 5.74) is 11.7. The van der Waals surface area contributed by atoms with Gasteiger partial charge in [0.2, 0.25) is 0 Å². The van der Waals surface area contributed by atoms with Crippen LogP contribution in [0.15, 0.2) is 55.0 Å². The lowest BCUT2D eigenvalue weighted by atomic mass is 10.1. The van der Waals surface area contributed by atoms with E-state index in [9.17, 15) is 0 Å². The van der Waals surface area contributed by atoms with Crippen molar-refractivity contribution >= 4 is 11.4 Å². The molecule has 0 atom stereocenters. The average Bonchev–Trinajstić information content (AvgIpc) is 2.93.